The average Bonchev–Trinajstić information content (AvgIpc) is 2.02. The zero-order chi connectivity index (χ0) is 9.90. The van der Waals surface area contributed by atoms with Gasteiger partial charge in [0.15, 0.2) is 0 Å². The Balaban J connectivity index is 2.51. The van der Waals surface area contributed by atoms with Gasteiger partial charge in [-0.15, -0.1) is 0 Å². The van der Waals surface area contributed by atoms with Crippen molar-refractivity contribution in [2.24, 2.45) is 5.92 Å². The van der Waals surface area contributed by atoms with Crippen LogP contribution in [0.5, 0.6) is 0 Å². The van der Waals surface area contributed by atoms with Crippen LogP contribution in [0.15, 0.2) is 0 Å². The van der Waals surface area contributed by atoms with Crippen molar-refractivity contribution in [3.05, 3.63) is 0 Å². The zero-order valence-corrected chi connectivity index (χ0v) is 9.31. The minimum Gasteiger partial charge on any atom is -0.212 e. The quantitative estimate of drug-likeness (QED) is 0.681. The van der Waals surface area contributed by atoms with E-state index in [4.69, 9.17) is 0 Å². The SMILES string of the molecule is CCN(CC1CCC1)S(=O)(=O)CC. The molecule has 78 valence electrons. The summed E-state index contributed by atoms with van der Waals surface area (Å²) in [6.07, 6.45) is 3.68. The summed E-state index contributed by atoms with van der Waals surface area (Å²) < 4.78 is 24.7. The lowest BCUT2D eigenvalue weighted by Gasteiger charge is -2.30. The van der Waals surface area contributed by atoms with Crippen LogP contribution < -0.4 is 0 Å². The monoisotopic (exact) mass is 205 g/mol. The minimum absolute atomic E-state index is 0.230. The maximum atomic E-state index is 11.5. The lowest BCUT2D eigenvalue weighted by molar-refractivity contribution is 0.250. The van der Waals surface area contributed by atoms with Crippen LogP contribution in [0.25, 0.3) is 0 Å². The third-order valence-electron chi connectivity index (χ3n) is 2.80. The number of nitrogens with zero attached hydrogens (tertiary/aromatic N) is 1. The van der Waals surface area contributed by atoms with E-state index in [0.29, 0.717) is 12.5 Å². The van der Waals surface area contributed by atoms with Gasteiger partial charge in [-0.3, -0.25) is 0 Å². The molecular formula is C9H19NO2S. The highest BCUT2D eigenvalue weighted by Gasteiger charge is 2.25. The lowest BCUT2D eigenvalue weighted by Crippen LogP contribution is -2.38. The number of hydrogen-bond donors (Lipinski definition) is 0. The van der Waals surface area contributed by atoms with Gasteiger partial charge in [0.05, 0.1) is 5.75 Å². The molecule has 0 spiro atoms. The topological polar surface area (TPSA) is 37.4 Å². The molecule has 4 heteroatoms. The van der Waals surface area contributed by atoms with Gasteiger partial charge in [0.2, 0.25) is 10.0 Å². The minimum atomic E-state index is -2.95. The van der Waals surface area contributed by atoms with Gasteiger partial charge in [-0.2, -0.15) is 0 Å². The maximum Gasteiger partial charge on any atom is 0.213 e. The highest BCUT2D eigenvalue weighted by Crippen LogP contribution is 2.27. The number of rotatable bonds is 5. The van der Waals surface area contributed by atoms with Crippen molar-refractivity contribution < 1.29 is 8.42 Å². The van der Waals surface area contributed by atoms with E-state index in [9.17, 15) is 8.42 Å². The lowest BCUT2D eigenvalue weighted by atomic mass is 9.85. The molecule has 0 atom stereocenters. The van der Waals surface area contributed by atoms with Crippen molar-refractivity contribution >= 4 is 10.0 Å². The van der Waals surface area contributed by atoms with E-state index in [1.54, 1.807) is 11.2 Å². The third-order valence-corrected chi connectivity index (χ3v) is 4.72. The van der Waals surface area contributed by atoms with Gasteiger partial charge in [-0.05, 0) is 25.7 Å². The van der Waals surface area contributed by atoms with Crippen molar-refractivity contribution in [1.82, 2.24) is 4.31 Å². The fraction of sp³-hybridized carbons (Fsp3) is 1.00. The summed E-state index contributed by atoms with van der Waals surface area (Å²) in [4.78, 5) is 0. The summed E-state index contributed by atoms with van der Waals surface area (Å²) >= 11 is 0. The summed E-state index contributed by atoms with van der Waals surface area (Å²) in [5, 5.41) is 0. The average molecular weight is 205 g/mol. The van der Waals surface area contributed by atoms with E-state index in [1.807, 2.05) is 6.92 Å². The molecule has 1 rings (SSSR count). The van der Waals surface area contributed by atoms with Gasteiger partial charge >= 0.3 is 0 Å². The van der Waals surface area contributed by atoms with Gasteiger partial charge < -0.3 is 0 Å². The van der Waals surface area contributed by atoms with E-state index in [1.165, 1.54) is 19.3 Å². The van der Waals surface area contributed by atoms with E-state index in [2.05, 4.69) is 0 Å². The molecule has 3 nitrogen and oxygen atoms in total. The van der Waals surface area contributed by atoms with E-state index in [-0.39, 0.29) is 5.75 Å². The fourth-order valence-corrected chi connectivity index (χ4v) is 2.78. The van der Waals surface area contributed by atoms with Crippen LogP contribution in [-0.4, -0.2) is 31.6 Å². The molecule has 0 radical (unpaired) electrons. The van der Waals surface area contributed by atoms with Crippen molar-refractivity contribution in [2.45, 2.75) is 33.1 Å². The third kappa shape index (κ3) is 2.68. The summed E-state index contributed by atoms with van der Waals surface area (Å²) in [5.74, 6) is 0.856. The van der Waals surface area contributed by atoms with Gasteiger partial charge in [0.1, 0.15) is 0 Å². The second-order valence-corrected chi connectivity index (χ2v) is 5.91. The molecule has 0 heterocycles. The van der Waals surface area contributed by atoms with Crippen molar-refractivity contribution in [3.63, 3.8) is 0 Å². The summed E-state index contributed by atoms with van der Waals surface area (Å²) in [6.45, 7) is 4.98. The molecule has 1 saturated carbocycles. The molecule has 0 aliphatic heterocycles. The van der Waals surface area contributed by atoms with Gasteiger partial charge in [-0.25, -0.2) is 12.7 Å². The highest BCUT2D eigenvalue weighted by atomic mass is 32.2. The summed E-state index contributed by atoms with van der Waals surface area (Å²) in [5.41, 5.74) is 0. The maximum absolute atomic E-state index is 11.5. The molecule has 0 bridgehead atoms. The first-order valence-corrected chi connectivity index (χ1v) is 6.69. The Morgan fingerprint density at radius 2 is 1.92 bits per heavy atom. The first-order valence-electron chi connectivity index (χ1n) is 5.08. The number of hydrogen-bond acceptors (Lipinski definition) is 2. The Hall–Kier alpha value is -0.0900. The molecule has 1 aliphatic carbocycles. The molecular weight excluding hydrogens is 186 g/mol. The van der Waals surface area contributed by atoms with Crippen LogP contribution >= 0.6 is 0 Å². The molecule has 0 aromatic rings. The Labute approximate surface area is 81.2 Å². The second kappa shape index (κ2) is 4.42. The molecule has 0 aromatic carbocycles. The van der Waals surface area contributed by atoms with Crippen molar-refractivity contribution in [1.29, 1.82) is 0 Å². The van der Waals surface area contributed by atoms with Crippen LogP contribution in [0.3, 0.4) is 0 Å². The molecule has 0 N–H and O–H groups in total. The Morgan fingerprint density at radius 3 is 2.23 bits per heavy atom. The van der Waals surface area contributed by atoms with Crippen molar-refractivity contribution in [2.75, 3.05) is 18.8 Å². The van der Waals surface area contributed by atoms with Crippen LogP contribution in [0.1, 0.15) is 33.1 Å². The van der Waals surface area contributed by atoms with E-state index < -0.39 is 10.0 Å². The molecule has 0 saturated heterocycles. The van der Waals surface area contributed by atoms with Gasteiger partial charge in [0, 0.05) is 13.1 Å². The van der Waals surface area contributed by atoms with Gasteiger partial charge in [0.25, 0.3) is 0 Å². The zero-order valence-electron chi connectivity index (χ0n) is 8.49. The predicted molar refractivity (Wildman–Crippen MR) is 54.0 cm³/mol. The summed E-state index contributed by atoms with van der Waals surface area (Å²) in [7, 11) is -2.95. The van der Waals surface area contributed by atoms with Crippen LogP contribution in [0.2, 0.25) is 0 Å². The Morgan fingerprint density at radius 1 is 1.31 bits per heavy atom. The highest BCUT2D eigenvalue weighted by molar-refractivity contribution is 7.89. The predicted octanol–water partition coefficient (Wildman–Crippen LogP) is 1.46. The fourth-order valence-electron chi connectivity index (χ4n) is 1.59. The Bertz CT molecular complexity index is 244. The van der Waals surface area contributed by atoms with Crippen molar-refractivity contribution in [3.8, 4) is 0 Å². The van der Waals surface area contributed by atoms with Crippen LogP contribution in [-0.2, 0) is 10.0 Å². The standard InChI is InChI=1S/C9H19NO2S/c1-3-10(13(11,12)4-2)8-9-6-5-7-9/h9H,3-8H2,1-2H3. The largest absolute Gasteiger partial charge is 0.213 e. The second-order valence-electron chi connectivity index (χ2n) is 3.65. The van der Waals surface area contributed by atoms with Crippen LogP contribution in [0.4, 0.5) is 0 Å². The molecule has 1 aliphatic rings. The molecule has 0 aromatic heterocycles. The number of sulfonamides is 1. The van der Waals surface area contributed by atoms with E-state index >= 15 is 0 Å². The molecule has 0 unspecified atom stereocenters. The Kier molecular flexibility index (Phi) is 3.74. The summed E-state index contributed by atoms with van der Waals surface area (Å²) in [6, 6.07) is 0. The molecule has 0 amide bonds. The first-order chi connectivity index (χ1) is 6.10. The molecule has 1 fully saturated rings. The first kappa shape index (κ1) is 11.0. The molecule has 13 heavy (non-hydrogen) atoms. The smallest absolute Gasteiger partial charge is 0.212 e. The van der Waals surface area contributed by atoms with Crippen LogP contribution in [0, 0.1) is 5.92 Å². The normalized spacial score (nSPS) is 19.0. The van der Waals surface area contributed by atoms with E-state index in [0.717, 1.165) is 6.54 Å². The van der Waals surface area contributed by atoms with Gasteiger partial charge in [-0.1, -0.05) is 13.3 Å².